The first-order chi connectivity index (χ1) is 10.7. The predicted molar refractivity (Wildman–Crippen MR) is 77.5 cm³/mol. The highest BCUT2D eigenvalue weighted by Crippen LogP contribution is 2.54. The molecule has 0 saturated carbocycles. The second kappa shape index (κ2) is 7.43. The van der Waals surface area contributed by atoms with E-state index >= 15 is 0 Å². The zero-order valence-corrected chi connectivity index (χ0v) is 14.6. The summed E-state index contributed by atoms with van der Waals surface area (Å²) >= 11 is 0. The number of aliphatic hydroxyl groups is 2. The molecule has 10 heteroatoms. The zero-order valence-electron chi connectivity index (χ0n) is 13.7. The van der Waals surface area contributed by atoms with Gasteiger partial charge in [0, 0.05) is 0 Å². The maximum absolute atomic E-state index is 12.6. The Hall–Kier alpha value is -0.0900. The summed E-state index contributed by atoms with van der Waals surface area (Å²) in [6, 6.07) is 0. The van der Waals surface area contributed by atoms with Crippen LogP contribution in [0.1, 0.15) is 27.7 Å². The molecular weight excluding hydrogens is 331 g/mol. The lowest BCUT2D eigenvalue weighted by Gasteiger charge is -2.29. The number of rotatable bonds is 8. The Kier molecular flexibility index (Phi) is 6.21. The minimum absolute atomic E-state index is 0.120. The Balaban J connectivity index is 2.20. The first-order valence-corrected chi connectivity index (χ1v) is 9.09. The molecule has 23 heavy (non-hydrogen) atoms. The van der Waals surface area contributed by atoms with Crippen molar-refractivity contribution in [2.45, 2.75) is 64.2 Å². The van der Waals surface area contributed by atoms with Gasteiger partial charge in [-0.3, -0.25) is 13.6 Å². The minimum atomic E-state index is -3.86. The van der Waals surface area contributed by atoms with Crippen molar-refractivity contribution >= 4 is 7.82 Å². The molecule has 136 valence electrons. The topological polar surface area (TPSA) is 113 Å². The third-order valence-corrected chi connectivity index (χ3v) is 5.07. The number of aliphatic hydroxyl groups excluding tert-OH is 2. The van der Waals surface area contributed by atoms with E-state index in [0.29, 0.717) is 0 Å². The number of phosphoric ester groups is 1. The van der Waals surface area contributed by atoms with E-state index in [2.05, 4.69) is 0 Å². The van der Waals surface area contributed by atoms with Crippen molar-refractivity contribution < 1.29 is 42.6 Å². The minimum Gasteiger partial charge on any atom is -0.394 e. The molecule has 0 aliphatic carbocycles. The van der Waals surface area contributed by atoms with Crippen molar-refractivity contribution in [2.75, 3.05) is 19.8 Å². The van der Waals surface area contributed by atoms with Crippen LogP contribution in [-0.2, 0) is 32.3 Å². The number of hydrogen-bond donors (Lipinski definition) is 2. The molecule has 9 nitrogen and oxygen atoms in total. The first kappa shape index (κ1) is 19.2. The SMILES string of the molecule is CCOP(=O)(OCC)O[C@@H]1[C@H]2OC(C)(C)O[C@H]2O[C@@H]1[C@H](O)CO. The van der Waals surface area contributed by atoms with E-state index in [1.807, 2.05) is 0 Å². The molecule has 2 heterocycles. The monoisotopic (exact) mass is 356 g/mol. The summed E-state index contributed by atoms with van der Waals surface area (Å²) in [5, 5.41) is 19.1. The van der Waals surface area contributed by atoms with Crippen molar-refractivity contribution in [3.05, 3.63) is 0 Å². The van der Waals surface area contributed by atoms with E-state index in [-0.39, 0.29) is 13.2 Å². The van der Waals surface area contributed by atoms with E-state index in [1.54, 1.807) is 27.7 Å². The van der Waals surface area contributed by atoms with Crippen LogP contribution in [0.4, 0.5) is 0 Å². The standard InChI is InChI=1S/C13H25O9P/c1-5-17-23(16,18-6-2)22-10-9(8(15)7-14)19-12-11(10)20-13(3,4)21-12/h8-12,14-15H,5-7H2,1-4H3/t8-,9-,10+,11-,12-/m1/s1. The Morgan fingerprint density at radius 1 is 1.22 bits per heavy atom. The molecule has 2 aliphatic heterocycles. The van der Waals surface area contributed by atoms with Crippen molar-refractivity contribution in [1.29, 1.82) is 0 Å². The first-order valence-electron chi connectivity index (χ1n) is 7.62. The van der Waals surface area contributed by atoms with Gasteiger partial charge in [-0.2, -0.15) is 0 Å². The van der Waals surface area contributed by atoms with Crippen molar-refractivity contribution in [2.24, 2.45) is 0 Å². The lowest BCUT2D eigenvalue weighted by Crippen LogP contribution is -2.43. The molecule has 2 fully saturated rings. The smallest absolute Gasteiger partial charge is 0.394 e. The van der Waals surface area contributed by atoms with Crippen LogP contribution in [-0.4, -0.2) is 66.5 Å². The Labute approximate surface area is 135 Å². The summed E-state index contributed by atoms with van der Waals surface area (Å²) in [5.41, 5.74) is 0. The maximum Gasteiger partial charge on any atom is 0.475 e. The van der Waals surface area contributed by atoms with E-state index in [9.17, 15) is 14.8 Å². The third kappa shape index (κ3) is 4.31. The van der Waals surface area contributed by atoms with Gasteiger partial charge in [-0.05, 0) is 27.7 Å². The fraction of sp³-hybridized carbons (Fsp3) is 1.00. The van der Waals surface area contributed by atoms with Crippen LogP contribution in [0.15, 0.2) is 0 Å². The van der Waals surface area contributed by atoms with Crippen LogP contribution in [0.5, 0.6) is 0 Å². The molecule has 2 N–H and O–H groups in total. The van der Waals surface area contributed by atoms with Gasteiger partial charge in [0.15, 0.2) is 12.1 Å². The lowest BCUT2D eigenvalue weighted by atomic mass is 10.1. The third-order valence-electron chi connectivity index (χ3n) is 3.42. The second-order valence-corrected chi connectivity index (χ2v) is 7.29. The summed E-state index contributed by atoms with van der Waals surface area (Å²) in [4.78, 5) is 0. The summed E-state index contributed by atoms with van der Waals surface area (Å²) in [5.74, 6) is -0.909. The highest BCUT2D eigenvalue weighted by atomic mass is 31.2. The second-order valence-electron chi connectivity index (χ2n) is 5.67. The van der Waals surface area contributed by atoms with Gasteiger partial charge < -0.3 is 24.4 Å². The fourth-order valence-electron chi connectivity index (χ4n) is 2.60. The van der Waals surface area contributed by atoms with Gasteiger partial charge in [0.05, 0.1) is 19.8 Å². The van der Waals surface area contributed by atoms with Gasteiger partial charge in [0.2, 0.25) is 0 Å². The van der Waals surface area contributed by atoms with Crippen LogP contribution in [0, 0.1) is 0 Å². The molecule has 0 bridgehead atoms. The van der Waals surface area contributed by atoms with Gasteiger partial charge in [-0.25, -0.2) is 4.57 Å². The molecule has 0 radical (unpaired) electrons. The summed E-state index contributed by atoms with van der Waals surface area (Å²) < 4.78 is 45.2. The molecule has 5 atom stereocenters. The quantitative estimate of drug-likeness (QED) is 0.609. The molecule has 2 aliphatic rings. The molecule has 0 aromatic heterocycles. The van der Waals surface area contributed by atoms with Crippen LogP contribution in [0.3, 0.4) is 0 Å². The maximum atomic E-state index is 12.6. The molecule has 0 spiro atoms. The normalized spacial score (nSPS) is 34.5. The highest BCUT2D eigenvalue weighted by Gasteiger charge is 2.59. The summed E-state index contributed by atoms with van der Waals surface area (Å²) in [7, 11) is -3.86. The Bertz CT molecular complexity index is 433. The van der Waals surface area contributed by atoms with Gasteiger partial charge in [-0.15, -0.1) is 0 Å². The molecular formula is C13H25O9P. The number of ether oxygens (including phenoxy) is 3. The Morgan fingerprint density at radius 2 is 1.83 bits per heavy atom. The van der Waals surface area contributed by atoms with E-state index < -0.39 is 50.9 Å². The summed E-state index contributed by atoms with van der Waals surface area (Å²) in [6.07, 6.45) is -4.76. The van der Waals surface area contributed by atoms with Crippen LogP contribution < -0.4 is 0 Å². The van der Waals surface area contributed by atoms with Crippen molar-refractivity contribution in [3.8, 4) is 0 Å². The molecule has 0 amide bonds. The Morgan fingerprint density at radius 3 is 2.35 bits per heavy atom. The average Bonchev–Trinajstić information content (AvgIpc) is 2.92. The molecule has 2 rings (SSSR count). The van der Waals surface area contributed by atoms with Crippen LogP contribution in [0.25, 0.3) is 0 Å². The van der Waals surface area contributed by atoms with Crippen LogP contribution >= 0.6 is 7.82 Å². The van der Waals surface area contributed by atoms with Gasteiger partial charge in [-0.1, -0.05) is 0 Å². The van der Waals surface area contributed by atoms with E-state index in [0.717, 1.165) is 0 Å². The number of phosphoric acid groups is 1. The number of fused-ring (bicyclic) bond motifs is 1. The van der Waals surface area contributed by atoms with Crippen molar-refractivity contribution in [3.63, 3.8) is 0 Å². The molecule has 0 unspecified atom stereocenters. The molecule has 2 saturated heterocycles. The van der Waals surface area contributed by atoms with Gasteiger partial charge >= 0.3 is 7.82 Å². The predicted octanol–water partition coefficient (Wildman–Crippen LogP) is 0.782. The number of hydrogen-bond acceptors (Lipinski definition) is 9. The van der Waals surface area contributed by atoms with Gasteiger partial charge in [0.25, 0.3) is 0 Å². The van der Waals surface area contributed by atoms with Crippen LogP contribution in [0.2, 0.25) is 0 Å². The van der Waals surface area contributed by atoms with E-state index in [4.69, 9.17) is 27.8 Å². The lowest BCUT2D eigenvalue weighted by molar-refractivity contribution is -0.226. The van der Waals surface area contributed by atoms with E-state index in [1.165, 1.54) is 0 Å². The van der Waals surface area contributed by atoms with Gasteiger partial charge in [0.1, 0.15) is 24.4 Å². The summed E-state index contributed by atoms with van der Waals surface area (Å²) in [6.45, 7) is 6.40. The molecule has 0 aromatic carbocycles. The largest absolute Gasteiger partial charge is 0.475 e. The zero-order chi connectivity index (χ0) is 17.3. The fourth-order valence-corrected chi connectivity index (χ4v) is 3.97. The molecule has 0 aromatic rings. The average molecular weight is 356 g/mol. The highest BCUT2D eigenvalue weighted by molar-refractivity contribution is 7.48. The van der Waals surface area contributed by atoms with Crippen molar-refractivity contribution in [1.82, 2.24) is 0 Å².